The van der Waals surface area contributed by atoms with Crippen LogP contribution >= 0.6 is 0 Å². The molecule has 2 aromatic rings. The van der Waals surface area contributed by atoms with E-state index in [1.165, 1.54) is 30.9 Å². The number of nitrogens with zero attached hydrogens (tertiary/aromatic N) is 1. The maximum Gasteiger partial charge on any atom is 0.492 e. The number of halogens is 4. The van der Waals surface area contributed by atoms with Gasteiger partial charge in [-0.25, -0.2) is 18.1 Å². The van der Waals surface area contributed by atoms with Gasteiger partial charge in [-0.2, -0.15) is 13.2 Å². The molecule has 1 fully saturated rings. The molecule has 0 bridgehead atoms. The molecule has 11 heteroatoms. The highest BCUT2D eigenvalue weighted by molar-refractivity contribution is 7.91. The third-order valence-electron chi connectivity index (χ3n) is 5.72. The van der Waals surface area contributed by atoms with E-state index in [2.05, 4.69) is 0 Å². The van der Waals surface area contributed by atoms with Gasteiger partial charge in [0, 0.05) is 12.6 Å². The van der Waals surface area contributed by atoms with Gasteiger partial charge in [-0.1, -0.05) is 30.3 Å². The largest absolute Gasteiger partial charge is 0.492 e. The van der Waals surface area contributed by atoms with E-state index in [1.54, 1.807) is 37.3 Å². The SMILES string of the molecule is Cc1cc(F)cc(-c2cccc(C[C@H]3[C@@H](NS(=N)(=O)C(F)(F)F)CCN3C(=O)C(C)(C)O)c2)c1. The molecule has 0 aromatic heterocycles. The van der Waals surface area contributed by atoms with Crippen LogP contribution in [0.15, 0.2) is 42.5 Å². The molecule has 3 rings (SSSR count). The van der Waals surface area contributed by atoms with E-state index in [0.717, 1.165) is 5.56 Å². The molecule has 1 amide bonds. The number of carbonyl (C=O) groups excluding carboxylic acids is 1. The summed E-state index contributed by atoms with van der Waals surface area (Å²) in [6, 6.07) is 9.53. The Balaban J connectivity index is 1.95. The second kappa shape index (κ2) is 9.27. The quantitative estimate of drug-likeness (QED) is 0.519. The van der Waals surface area contributed by atoms with Crippen LogP contribution < -0.4 is 4.72 Å². The molecule has 3 atom stereocenters. The maximum absolute atomic E-state index is 13.9. The first-order valence-electron chi connectivity index (χ1n) is 10.6. The Labute approximate surface area is 196 Å². The number of alkyl halides is 3. The Bertz CT molecular complexity index is 1160. The van der Waals surface area contributed by atoms with Crippen molar-refractivity contribution in [2.45, 2.75) is 56.8 Å². The van der Waals surface area contributed by atoms with Gasteiger partial charge < -0.3 is 10.0 Å². The standard InChI is InChI=1S/C23H27F4N3O3S/c1-14-9-17(13-18(24)10-14)16-6-4-5-15(11-16)12-20-19(29-34(28,33)23(25,26)27)7-8-30(20)21(31)22(2,3)32/h4-6,9-11,13,19-20,32H,7-8,12H2,1-3H3,(H2,28,29,33)/t19-,20-,34?/m0/s1. The molecule has 186 valence electrons. The lowest BCUT2D eigenvalue weighted by molar-refractivity contribution is -0.148. The molecular weight excluding hydrogens is 474 g/mol. The van der Waals surface area contributed by atoms with Crippen molar-refractivity contribution in [3.8, 4) is 11.1 Å². The zero-order valence-electron chi connectivity index (χ0n) is 18.9. The van der Waals surface area contributed by atoms with Crippen molar-refractivity contribution in [1.82, 2.24) is 9.62 Å². The summed E-state index contributed by atoms with van der Waals surface area (Å²) in [6.07, 6.45) is 0.107. The molecule has 1 aliphatic heterocycles. The molecule has 3 N–H and O–H groups in total. The molecule has 0 aliphatic carbocycles. The second-order valence-corrected chi connectivity index (χ2v) is 10.9. The summed E-state index contributed by atoms with van der Waals surface area (Å²) in [5.74, 6) is -1.08. The fourth-order valence-corrected chi connectivity index (χ4v) is 4.98. The second-order valence-electron chi connectivity index (χ2n) is 9.06. The number of likely N-dealkylation sites (tertiary alicyclic amines) is 1. The maximum atomic E-state index is 13.9. The third kappa shape index (κ3) is 5.76. The molecule has 2 aromatic carbocycles. The van der Waals surface area contributed by atoms with Gasteiger partial charge in [0.2, 0.25) is 9.92 Å². The molecule has 1 heterocycles. The first-order valence-corrected chi connectivity index (χ1v) is 12.2. The molecule has 1 aliphatic rings. The molecule has 0 spiro atoms. The molecule has 34 heavy (non-hydrogen) atoms. The van der Waals surface area contributed by atoms with Crippen LogP contribution in [0.5, 0.6) is 0 Å². The van der Waals surface area contributed by atoms with E-state index >= 15 is 0 Å². The first kappa shape index (κ1) is 26.1. The van der Waals surface area contributed by atoms with Gasteiger partial charge in [0.15, 0.2) is 0 Å². The van der Waals surface area contributed by atoms with Crippen molar-refractivity contribution in [1.29, 1.82) is 4.78 Å². The third-order valence-corrected chi connectivity index (χ3v) is 7.01. The van der Waals surface area contributed by atoms with Crippen molar-refractivity contribution in [3.63, 3.8) is 0 Å². The van der Waals surface area contributed by atoms with Crippen LogP contribution in [0.25, 0.3) is 11.1 Å². The average Bonchev–Trinajstić information content (AvgIpc) is 3.06. The van der Waals surface area contributed by atoms with Crippen LogP contribution in [0.3, 0.4) is 0 Å². The summed E-state index contributed by atoms with van der Waals surface area (Å²) in [5, 5.41) is 10.2. The van der Waals surface area contributed by atoms with E-state index in [0.29, 0.717) is 16.7 Å². The van der Waals surface area contributed by atoms with Gasteiger partial charge in [0.25, 0.3) is 5.91 Å². The molecule has 1 unspecified atom stereocenters. The monoisotopic (exact) mass is 501 g/mol. The summed E-state index contributed by atoms with van der Waals surface area (Å²) in [5.41, 5.74) is -4.37. The number of hydrogen-bond donors (Lipinski definition) is 3. The van der Waals surface area contributed by atoms with E-state index in [1.807, 2.05) is 4.72 Å². The number of aryl methyl sites for hydroxylation is 1. The first-order chi connectivity index (χ1) is 15.6. The molecule has 6 nitrogen and oxygen atoms in total. The summed E-state index contributed by atoms with van der Waals surface area (Å²) in [4.78, 5) is 14.1. The summed E-state index contributed by atoms with van der Waals surface area (Å²) < 4.78 is 74.4. The van der Waals surface area contributed by atoms with Crippen LogP contribution in [0.4, 0.5) is 17.6 Å². The minimum atomic E-state index is -5.28. The Morgan fingerprint density at radius 3 is 2.47 bits per heavy atom. The van der Waals surface area contributed by atoms with Crippen LogP contribution in [0.1, 0.15) is 31.4 Å². The zero-order valence-corrected chi connectivity index (χ0v) is 19.8. The van der Waals surface area contributed by atoms with Crippen molar-refractivity contribution >= 4 is 15.8 Å². The molecular formula is C23H27F4N3O3S. The van der Waals surface area contributed by atoms with E-state index in [4.69, 9.17) is 4.78 Å². The predicted molar refractivity (Wildman–Crippen MR) is 121 cm³/mol. The predicted octanol–water partition coefficient (Wildman–Crippen LogP) is 4.16. The van der Waals surface area contributed by atoms with Crippen LogP contribution in [-0.4, -0.2) is 49.9 Å². The number of nitrogens with one attached hydrogen (secondary N) is 2. The molecule has 0 saturated carbocycles. The zero-order chi connectivity index (χ0) is 25.5. The van der Waals surface area contributed by atoms with E-state index in [9.17, 15) is 31.7 Å². The Morgan fingerprint density at radius 2 is 1.88 bits per heavy atom. The highest BCUT2D eigenvalue weighted by Gasteiger charge is 2.48. The fraction of sp³-hybridized carbons (Fsp3) is 0.435. The van der Waals surface area contributed by atoms with Crippen LogP contribution in [0, 0.1) is 17.5 Å². The van der Waals surface area contributed by atoms with Gasteiger partial charge in [-0.3, -0.25) is 4.79 Å². The topological polar surface area (TPSA) is 93.5 Å². The van der Waals surface area contributed by atoms with Crippen LogP contribution in [-0.2, 0) is 21.1 Å². The van der Waals surface area contributed by atoms with Crippen LogP contribution in [0.2, 0.25) is 0 Å². The number of hydrogen-bond acceptors (Lipinski definition) is 4. The number of aliphatic hydroxyl groups is 1. The molecule has 0 radical (unpaired) electrons. The number of benzene rings is 2. The lowest BCUT2D eigenvalue weighted by Gasteiger charge is -2.33. The normalized spacial score (nSPS) is 20.9. The van der Waals surface area contributed by atoms with Crippen molar-refractivity contribution in [2.75, 3.05) is 6.54 Å². The lowest BCUT2D eigenvalue weighted by atomic mass is 9.95. The van der Waals surface area contributed by atoms with Gasteiger partial charge in [-0.15, -0.1) is 0 Å². The molecule has 1 saturated heterocycles. The van der Waals surface area contributed by atoms with Gasteiger partial charge >= 0.3 is 5.51 Å². The number of rotatable bonds is 6. The summed E-state index contributed by atoms with van der Waals surface area (Å²) in [7, 11) is -5.14. The Kier molecular flexibility index (Phi) is 7.12. The average molecular weight is 502 g/mol. The van der Waals surface area contributed by atoms with E-state index in [-0.39, 0.29) is 19.4 Å². The number of amides is 1. The summed E-state index contributed by atoms with van der Waals surface area (Å²) >= 11 is 0. The smallest absolute Gasteiger partial charge is 0.381 e. The Morgan fingerprint density at radius 1 is 1.21 bits per heavy atom. The van der Waals surface area contributed by atoms with Gasteiger partial charge in [-0.05, 0) is 68.0 Å². The Hall–Kier alpha value is -2.50. The van der Waals surface area contributed by atoms with Crippen molar-refractivity contribution in [3.05, 3.63) is 59.4 Å². The highest BCUT2D eigenvalue weighted by atomic mass is 32.2. The highest BCUT2D eigenvalue weighted by Crippen LogP contribution is 2.30. The van der Waals surface area contributed by atoms with Crippen molar-refractivity contribution < 1.29 is 31.7 Å². The summed E-state index contributed by atoms with van der Waals surface area (Å²) in [6.45, 7) is 4.35. The van der Waals surface area contributed by atoms with Crippen molar-refractivity contribution in [2.24, 2.45) is 0 Å². The lowest BCUT2D eigenvalue weighted by Crippen LogP contribution is -2.53. The minimum absolute atomic E-state index is 0.0290. The van der Waals surface area contributed by atoms with E-state index < -0.39 is 44.8 Å². The minimum Gasteiger partial charge on any atom is -0.381 e. The fourth-order valence-electron chi connectivity index (χ4n) is 4.15. The van der Waals surface area contributed by atoms with Gasteiger partial charge in [0.05, 0.1) is 6.04 Å². The number of carbonyl (C=O) groups is 1. The van der Waals surface area contributed by atoms with Gasteiger partial charge in [0.1, 0.15) is 11.4 Å².